The molecule has 0 aliphatic rings. The molecule has 1 aromatic carbocycles. The first-order valence-corrected chi connectivity index (χ1v) is 7.33. The molecule has 0 radical (unpaired) electrons. The van der Waals surface area contributed by atoms with Crippen molar-refractivity contribution in [3.05, 3.63) is 30.5 Å². The van der Waals surface area contributed by atoms with Crippen LogP contribution in [-0.2, 0) is 9.53 Å². The molecule has 106 valence electrons. The van der Waals surface area contributed by atoms with E-state index < -0.39 is 5.60 Å². The van der Waals surface area contributed by atoms with E-state index in [0.717, 1.165) is 15.8 Å². The molecule has 0 spiro atoms. The van der Waals surface area contributed by atoms with Crippen molar-refractivity contribution in [1.29, 1.82) is 0 Å². The molecule has 20 heavy (non-hydrogen) atoms. The average Bonchev–Trinajstić information content (AvgIpc) is 2.36. The Hall–Kier alpha value is -1.75. The first kappa shape index (κ1) is 14.7. The summed E-state index contributed by atoms with van der Waals surface area (Å²) in [5, 5.41) is 0.904. The lowest BCUT2D eigenvalue weighted by Crippen LogP contribution is -2.24. The Kier molecular flexibility index (Phi) is 4.18. The van der Waals surface area contributed by atoms with E-state index in [0.29, 0.717) is 5.69 Å². The smallest absolute Gasteiger partial charge is 0.316 e. The van der Waals surface area contributed by atoms with Crippen molar-refractivity contribution in [1.82, 2.24) is 4.98 Å². The zero-order valence-electron chi connectivity index (χ0n) is 11.8. The number of hydrogen-bond acceptors (Lipinski definition) is 5. The molecule has 0 saturated heterocycles. The third kappa shape index (κ3) is 3.63. The van der Waals surface area contributed by atoms with Gasteiger partial charge in [0.05, 0.1) is 17.0 Å². The van der Waals surface area contributed by atoms with Gasteiger partial charge in [0, 0.05) is 16.5 Å². The van der Waals surface area contributed by atoms with Crippen molar-refractivity contribution in [2.75, 3.05) is 11.5 Å². The molecule has 0 unspecified atom stereocenters. The van der Waals surface area contributed by atoms with Crippen LogP contribution in [-0.4, -0.2) is 22.3 Å². The van der Waals surface area contributed by atoms with Crippen LogP contribution in [0.4, 0.5) is 5.69 Å². The Morgan fingerprint density at radius 3 is 2.80 bits per heavy atom. The molecule has 0 bridgehead atoms. The molecule has 2 aromatic rings. The molecule has 5 heteroatoms. The highest BCUT2D eigenvalue weighted by Gasteiger charge is 2.17. The van der Waals surface area contributed by atoms with Crippen molar-refractivity contribution in [3.63, 3.8) is 0 Å². The maximum Gasteiger partial charge on any atom is 0.316 e. The minimum absolute atomic E-state index is 0.242. The van der Waals surface area contributed by atoms with Gasteiger partial charge in [-0.1, -0.05) is 0 Å². The van der Waals surface area contributed by atoms with Crippen LogP contribution in [0, 0.1) is 0 Å². The zero-order valence-corrected chi connectivity index (χ0v) is 12.7. The lowest BCUT2D eigenvalue weighted by molar-refractivity contribution is -0.151. The predicted molar refractivity (Wildman–Crippen MR) is 82.7 cm³/mol. The number of anilines is 1. The summed E-state index contributed by atoms with van der Waals surface area (Å²) in [4.78, 5) is 16.8. The molecule has 0 saturated carbocycles. The summed E-state index contributed by atoms with van der Waals surface area (Å²) in [5.41, 5.74) is 7.17. The number of carbonyl (C=O) groups is 1. The summed E-state index contributed by atoms with van der Waals surface area (Å²) in [6.45, 7) is 5.56. The third-order valence-corrected chi connectivity index (χ3v) is 3.60. The molecule has 0 aliphatic heterocycles. The van der Waals surface area contributed by atoms with E-state index in [1.807, 2.05) is 45.0 Å². The highest BCUT2D eigenvalue weighted by Crippen LogP contribution is 2.31. The second-order valence-electron chi connectivity index (χ2n) is 5.42. The van der Waals surface area contributed by atoms with Crippen molar-refractivity contribution in [2.24, 2.45) is 0 Å². The number of rotatable bonds is 3. The molecule has 1 heterocycles. The number of nitrogens with two attached hydrogens (primary N) is 1. The van der Waals surface area contributed by atoms with Gasteiger partial charge in [0.1, 0.15) is 5.60 Å². The topological polar surface area (TPSA) is 65.2 Å². The summed E-state index contributed by atoms with van der Waals surface area (Å²) >= 11 is 1.38. The van der Waals surface area contributed by atoms with Crippen LogP contribution >= 0.6 is 11.8 Å². The van der Waals surface area contributed by atoms with E-state index in [1.165, 1.54) is 11.8 Å². The lowest BCUT2D eigenvalue weighted by atomic mass is 10.2. The van der Waals surface area contributed by atoms with Crippen molar-refractivity contribution >= 4 is 34.3 Å². The number of thioether (sulfide) groups is 1. The molecule has 0 aliphatic carbocycles. The molecular weight excluding hydrogens is 272 g/mol. The lowest BCUT2D eigenvalue weighted by Gasteiger charge is -2.19. The maximum absolute atomic E-state index is 11.7. The van der Waals surface area contributed by atoms with Gasteiger partial charge in [-0.3, -0.25) is 9.78 Å². The van der Waals surface area contributed by atoms with Crippen molar-refractivity contribution in [2.45, 2.75) is 31.3 Å². The largest absolute Gasteiger partial charge is 0.459 e. The SMILES string of the molecule is CC(C)(C)OC(=O)CSc1ccc2ncccc2c1N. The highest BCUT2D eigenvalue weighted by molar-refractivity contribution is 8.00. The number of carbonyl (C=O) groups excluding carboxylic acids is 1. The molecule has 2 rings (SSSR count). The number of fused-ring (bicyclic) bond motifs is 1. The minimum Gasteiger partial charge on any atom is -0.459 e. The number of nitrogen functional groups attached to an aromatic ring is 1. The number of ether oxygens (including phenoxy) is 1. The summed E-state index contributed by atoms with van der Waals surface area (Å²) in [5.74, 6) is 0.000870. The molecule has 4 nitrogen and oxygen atoms in total. The van der Waals surface area contributed by atoms with E-state index in [1.54, 1.807) is 6.20 Å². The Morgan fingerprint density at radius 1 is 1.35 bits per heavy atom. The maximum atomic E-state index is 11.7. The van der Waals surface area contributed by atoms with Gasteiger partial charge >= 0.3 is 5.97 Å². The molecule has 1 aromatic heterocycles. The summed E-state index contributed by atoms with van der Waals surface area (Å²) < 4.78 is 5.27. The fourth-order valence-electron chi connectivity index (χ4n) is 1.79. The Morgan fingerprint density at radius 2 is 2.10 bits per heavy atom. The summed E-state index contributed by atoms with van der Waals surface area (Å²) in [6, 6.07) is 7.57. The number of pyridine rings is 1. The molecule has 0 atom stereocenters. The van der Waals surface area contributed by atoms with Gasteiger partial charge in [0.2, 0.25) is 0 Å². The first-order valence-electron chi connectivity index (χ1n) is 6.35. The Labute approximate surface area is 122 Å². The quantitative estimate of drug-likeness (QED) is 0.534. The van der Waals surface area contributed by atoms with E-state index in [4.69, 9.17) is 10.5 Å². The standard InChI is InChI=1S/C15H18N2O2S/c1-15(2,3)19-13(18)9-20-12-7-6-11-10(14(12)16)5-4-8-17-11/h4-8H,9,16H2,1-3H3. The second-order valence-corrected chi connectivity index (χ2v) is 6.44. The molecule has 0 fully saturated rings. The van der Waals surface area contributed by atoms with Gasteiger partial charge in [0.15, 0.2) is 0 Å². The summed E-state index contributed by atoms with van der Waals surface area (Å²) in [6.07, 6.45) is 1.73. The number of benzene rings is 1. The fraction of sp³-hybridized carbons (Fsp3) is 0.333. The monoisotopic (exact) mass is 290 g/mol. The second kappa shape index (κ2) is 5.71. The third-order valence-electron chi connectivity index (χ3n) is 2.55. The first-order chi connectivity index (χ1) is 9.37. The normalized spacial score (nSPS) is 11.6. The Balaban J connectivity index is 2.11. The van der Waals surface area contributed by atoms with E-state index in [2.05, 4.69) is 4.98 Å². The highest BCUT2D eigenvalue weighted by atomic mass is 32.2. The van der Waals surface area contributed by atoms with Crippen molar-refractivity contribution in [3.8, 4) is 0 Å². The predicted octanol–water partition coefficient (Wildman–Crippen LogP) is 3.25. The van der Waals surface area contributed by atoms with Crippen molar-refractivity contribution < 1.29 is 9.53 Å². The van der Waals surface area contributed by atoms with Crippen LogP contribution in [0.2, 0.25) is 0 Å². The van der Waals surface area contributed by atoms with Gasteiger partial charge in [-0.2, -0.15) is 0 Å². The van der Waals surface area contributed by atoms with Crippen LogP contribution in [0.1, 0.15) is 20.8 Å². The molecular formula is C15H18N2O2S. The fourth-order valence-corrected chi connectivity index (χ4v) is 2.55. The van der Waals surface area contributed by atoms with E-state index in [9.17, 15) is 4.79 Å². The summed E-state index contributed by atoms with van der Waals surface area (Å²) in [7, 11) is 0. The van der Waals surface area contributed by atoms with Gasteiger partial charge in [-0.05, 0) is 45.0 Å². The van der Waals surface area contributed by atoms with Crippen LogP contribution in [0.15, 0.2) is 35.4 Å². The number of esters is 1. The van der Waals surface area contributed by atoms with Crippen LogP contribution in [0.3, 0.4) is 0 Å². The van der Waals surface area contributed by atoms with Gasteiger partial charge < -0.3 is 10.5 Å². The van der Waals surface area contributed by atoms with Gasteiger partial charge in [0.25, 0.3) is 0 Å². The molecule has 2 N–H and O–H groups in total. The molecule has 0 amide bonds. The van der Waals surface area contributed by atoms with E-state index >= 15 is 0 Å². The van der Waals surface area contributed by atoms with Gasteiger partial charge in [-0.15, -0.1) is 11.8 Å². The number of hydrogen-bond donors (Lipinski definition) is 1. The van der Waals surface area contributed by atoms with E-state index in [-0.39, 0.29) is 11.7 Å². The average molecular weight is 290 g/mol. The number of nitrogens with zero attached hydrogens (tertiary/aromatic N) is 1. The Bertz CT molecular complexity index is 635. The zero-order chi connectivity index (χ0) is 14.8. The van der Waals surface area contributed by atoms with Crippen LogP contribution in [0.25, 0.3) is 10.9 Å². The van der Waals surface area contributed by atoms with Gasteiger partial charge in [-0.25, -0.2) is 0 Å². The van der Waals surface area contributed by atoms with Crippen LogP contribution < -0.4 is 5.73 Å². The minimum atomic E-state index is -0.462. The number of aromatic nitrogens is 1. The van der Waals surface area contributed by atoms with Crippen LogP contribution in [0.5, 0.6) is 0 Å².